The summed E-state index contributed by atoms with van der Waals surface area (Å²) in [5.41, 5.74) is 3.49. The minimum Gasteiger partial charge on any atom is -0.497 e. The molecule has 2 aromatic heterocycles. The SMILES string of the molecule is COc1ccc(CCNC(=O)c2csc3nc(-c4cccc(OC)c4)cn23)cc1. The Kier molecular flexibility index (Phi) is 5.48. The van der Waals surface area contributed by atoms with Gasteiger partial charge in [0.05, 0.1) is 19.9 Å². The van der Waals surface area contributed by atoms with Gasteiger partial charge in [-0.15, -0.1) is 11.3 Å². The molecule has 0 saturated heterocycles. The normalized spacial score (nSPS) is 10.8. The number of nitrogens with zero attached hydrogens (tertiary/aromatic N) is 2. The topological polar surface area (TPSA) is 64.9 Å². The lowest BCUT2D eigenvalue weighted by atomic mass is 10.1. The van der Waals surface area contributed by atoms with Gasteiger partial charge in [0.15, 0.2) is 4.96 Å². The van der Waals surface area contributed by atoms with E-state index in [9.17, 15) is 4.79 Å². The molecule has 0 bridgehead atoms. The molecule has 6 nitrogen and oxygen atoms in total. The van der Waals surface area contributed by atoms with Gasteiger partial charge in [-0.3, -0.25) is 9.20 Å². The van der Waals surface area contributed by atoms with Crippen molar-refractivity contribution in [2.75, 3.05) is 20.8 Å². The number of amides is 1. The second kappa shape index (κ2) is 8.36. The molecule has 2 aromatic carbocycles. The Morgan fingerprint density at radius 1 is 1.10 bits per heavy atom. The summed E-state index contributed by atoms with van der Waals surface area (Å²) >= 11 is 1.45. The maximum Gasteiger partial charge on any atom is 0.269 e. The lowest BCUT2D eigenvalue weighted by molar-refractivity contribution is 0.0948. The van der Waals surface area contributed by atoms with E-state index in [1.807, 2.05) is 64.5 Å². The molecule has 4 aromatic rings. The molecule has 0 fully saturated rings. The summed E-state index contributed by atoms with van der Waals surface area (Å²) < 4.78 is 12.3. The molecule has 0 aliphatic carbocycles. The number of hydrogen-bond donors (Lipinski definition) is 1. The minimum atomic E-state index is -0.112. The van der Waals surface area contributed by atoms with E-state index < -0.39 is 0 Å². The zero-order valence-electron chi connectivity index (χ0n) is 16.2. The van der Waals surface area contributed by atoms with Crippen LogP contribution in [0.15, 0.2) is 60.1 Å². The Hall–Kier alpha value is -3.32. The average molecular weight is 407 g/mol. The van der Waals surface area contributed by atoms with E-state index in [-0.39, 0.29) is 5.91 Å². The number of benzene rings is 2. The maximum atomic E-state index is 12.7. The number of nitrogens with one attached hydrogen (secondary N) is 1. The van der Waals surface area contributed by atoms with Crippen LogP contribution in [0.1, 0.15) is 16.1 Å². The molecule has 0 unspecified atom stereocenters. The Morgan fingerprint density at radius 3 is 2.66 bits per heavy atom. The summed E-state index contributed by atoms with van der Waals surface area (Å²) in [5.74, 6) is 1.49. The second-order valence-electron chi connectivity index (χ2n) is 6.49. The second-order valence-corrected chi connectivity index (χ2v) is 7.32. The van der Waals surface area contributed by atoms with Crippen molar-refractivity contribution in [2.45, 2.75) is 6.42 Å². The van der Waals surface area contributed by atoms with Gasteiger partial charge in [0.1, 0.15) is 17.2 Å². The van der Waals surface area contributed by atoms with Crippen LogP contribution in [0.4, 0.5) is 0 Å². The Labute approximate surface area is 172 Å². The van der Waals surface area contributed by atoms with E-state index in [1.165, 1.54) is 11.3 Å². The number of ether oxygens (including phenoxy) is 2. The first-order valence-corrected chi connectivity index (χ1v) is 10.1. The molecule has 2 heterocycles. The highest BCUT2D eigenvalue weighted by Gasteiger charge is 2.15. The van der Waals surface area contributed by atoms with E-state index in [0.29, 0.717) is 12.2 Å². The number of rotatable bonds is 7. The number of thiazole rings is 1. The third-order valence-electron chi connectivity index (χ3n) is 4.67. The number of carbonyl (C=O) groups excluding carboxylic acids is 1. The van der Waals surface area contributed by atoms with Crippen molar-refractivity contribution >= 4 is 22.2 Å². The fourth-order valence-corrected chi connectivity index (χ4v) is 3.93. The highest BCUT2D eigenvalue weighted by molar-refractivity contribution is 7.15. The molecule has 0 spiro atoms. The van der Waals surface area contributed by atoms with Crippen molar-refractivity contribution < 1.29 is 14.3 Å². The number of imidazole rings is 1. The first kappa shape index (κ1) is 19.0. The van der Waals surface area contributed by atoms with Gasteiger partial charge in [0.2, 0.25) is 0 Å². The third kappa shape index (κ3) is 4.09. The van der Waals surface area contributed by atoms with Gasteiger partial charge in [0.25, 0.3) is 5.91 Å². The van der Waals surface area contributed by atoms with Gasteiger partial charge in [-0.05, 0) is 36.2 Å². The largest absolute Gasteiger partial charge is 0.497 e. The number of methoxy groups -OCH3 is 2. The predicted octanol–water partition coefficient (Wildman–Crippen LogP) is 4.05. The van der Waals surface area contributed by atoms with Gasteiger partial charge >= 0.3 is 0 Å². The van der Waals surface area contributed by atoms with Gasteiger partial charge in [-0.2, -0.15) is 0 Å². The monoisotopic (exact) mass is 407 g/mol. The fourth-order valence-electron chi connectivity index (χ4n) is 3.07. The van der Waals surface area contributed by atoms with E-state index in [1.54, 1.807) is 14.2 Å². The van der Waals surface area contributed by atoms with Gasteiger partial charge < -0.3 is 14.8 Å². The lowest BCUT2D eigenvalue weighted by Crippen LogP contribution is -2.26. The summed E-state index contributed by atoms with van der Waals surface area (Å²) in [4.78, 5) is 18.1. The average Bonchev–Trinajstić information content (AvgIpc) is 3.35. The van der Waals surface area contributed by atoms with Gasteiger partial charge in [0, 0.05) is 23.7 Å². The van der Waals surface area contributed by atoms with Gasteiger partial charge in [-0.25, -0.2) is 4.98 Å². The highest BCUT2D eigenvalue weighted by atomic mass is 32.1. The molecule has 0 aliphatic heterocycles. The molecular formula is C22H21N3O3S. The van der Waals surface area contributed by atoms with Crippen LogP contribution < -0.4 is 14.8 Å². The predicted molar refractivity (Wildman–Crippen MR) is 114 cm³/mol. The molecule has 0 saturated carbocycles. The van der Waals surface area contributed by atoms with E-state index in [0.717, 1.165) is 39.7 Å². The molecule has 148 valence electrons. The molecular weight excluding hydrogens is 386 g/mol. The van der Waals surface area contributed by atoms with Crippen molar-refractivity contribution in [1.29, 1.82) is 0 Å². The third-order valence-corrected chi connectivity index (χ3v) is 5.51. The first-order valence-electron chi connectivity index (χ1n) is 9.20. The van der Waals surface area contributed by atoms with Crippen molar-refractivity contribution in [3.05, 3.63) is 71.4 Å². The molecule has 4 rings (SSSR count). The quantitative estimate of drug-likeness (QED) is 0.502. The standard InChI is InChI=1S/C22H21N3O3S/c1-27-17-8-6-15(7-9-17)10-11-23-21(26)20-14-29-22-24-19(13-25(20)22)16-4-3-5-18(12-16)28-2/h3-9,12-14H,10-11H2,1-2H3,(H,23,26). The van der Waals surface area contributed by atoms with Crippen LogP contribution >= 0.6 is 11.3 Å². The molecule has 1 N–H and O–H groups in total. The van der Waals surface area contributed by atoms with Crippen LogP contribution in [-0.2, 0) is 6.42 Å². The van der Waals surface area contributed by atoms with E-state index in [4.69, 9.17) is 9.47 Å². The summed E-state index contributed by atoms with van der Waals surface area (Å²) in [7, 11) is 3.28. The van der Waals surface area contributed by atoms with Crippen LogP contribution in [0.3, 0.4) is 0 Å². The van der Waals surface area contributed by atoms with E-state index in [2.05, 4.69) is 10.3 Å². The summed E-state index contributed by atoms with van der Waals surface area (Å²) in [6.07, 6.45) is 2.64. The first-order chi connectivity index (χ1) is 14.2. The molecule has 0 atom stereocenters. The van der Waals surface area contributed by atoms with Crippen LogP contribution in [0, 0.1) is 0 Å². The highest BCUT2D eigenvalue weighted by Crippen LogP contribution is 2.26. The van der Waals surface area contributed by atoms with Crippen molar-refractivity contribution in [2.24, 2.45) is 0 Å². The molecule has 7 heteroatoms. The van der Waals surface area contributed by atoms with Crippen molar-refractivity contribution in [3.63, 3.8) is 0 Å². The Bertz CT molecular complexity index is 1130. The lowest BCUT2D eigenvalue weighted by Gasteiger charge is -2.06. The minimum absolute atomic E-state index is 0.112. The molecule has 0 radical (unpaired) electrons. The zero-order valence-corrected chi connectivity index (χ0v) is 17.0. The number of carbonyl (C=O) groups is 1. The van der Waals surface area contributed by atoms with E-state index >= 15 is 0 Å². The molecule has 1 amide bonds. The number of aromatic nitrogens is 2. The molecule has 29 heavy (non-hydrogen) atoms. The van der Waals surface area contributed by atoms with Crippen molar-refractivity contribution in [3.8, 4) is 22.8 Å². The number of fused-ring (bicyclic) bond motifs is 1. The zero-order chi connectivity index (χ0) is 20.2. The summed E-state index contributed by atoms with van der Waals surface area (Å²) in [5, 5.41) is 4.82. The van der Waals surface area contributed by atoms with Crippen LogP contribution in [0.25, 0.3) is 16.2 Å². The fraction of sp³-hybridized carbons (Fsp3) is 0.182. The van der Waals surface area contributed by atoms with Gasteiger partial charge in [-0.1, -0.05) is 24.3 Å². The van der Waals surface area contributed by atoms with Crippen LogP contribution in [0.2, 0.25) is 0 Å². The molecule has 0 aliphatic rings. The van der Waals surface area contributed by atoms with Crippen molar-refractivity contribution in [1.82, 2.24) is 14.7 Å². The Balaban J connectivity index is 1.45. The summed E-state index contributed by atoms with van der Waals surface area (Å²) in [6.45, 7) is 0.555. The summed E-state index contributed by atoms with van der Waals surface area (Å²) in [6, 6.07) is 15.6. The number of hydrogen-bond acceptors (Lipinski definition) is 5. The smallest absolute Gasteiger partial charge is 0.269 e. The Morgan fingerprint density at radius 2 is 1.90 bits per heavy atom. The van der Waals surface area contributed by atoms with Crippen LogP contribution in [-0.4, -0.2) is 36.1 Å². The maximum absolute atomic E-state index is 12.7. The van der Waals surface area contributed by atoms with Crippen LogP contribution in [0.5, 0.6) is 11.5 Å².